The molecule has 4 aromatic rings. The van der Waals surface area contributed by atoms with Gasteiger partial charge in [0.05, 0.1) is 11.6 Å². The number of nitrogens with zero attached hydrogens (tertiary/aromatic N) is 5. The van der Waals surface area contributed by atoms with E-state index in [1.807, 2.05) is 22.9 Å². The van der Waals surface area contributed by atoms with Gasteiger partial charge in [-0.2, -0.15) is 0 Å². The lowest BCUT2D eigenvalue weighted by molar-refractivity contribution is 0.152. The summed E-state index contributed by atoms with van der Waals surface area (Å²) in [5, 5.41) is 16.0. The Bertz CT molecular complexity index is 1270. The lowest BCUT2D eigenvalue weighted by Crippen LogP contribution is -2.35. The van der Waals surface area contributed by atoms with Crippen LogP contribution in [0.25, 0.3) is 10.9 Å². The van der Waals surface area contributed by atoms with E-state index in [0.717, 1.165) is 41.7 Å². The van der Waals surface area contributed by atoms with Gasteiger partial charge >= 0.3 is 0 Å². The molecule has 8 heteroatoms. The molecule has 0 fully saturated rings. The van der Waals surface area contributed by atoms with Crippen LogP contribution >= 0.6 is 11.3 Å². The maximum Gasteiger partial charge on any atom is 0.252 e. The van der Waals surface area contributed by atoms with Gasteiger partial charge in [0.25, 0.3) is 5.56 Å². The number of nitrogens with one attached hydrogen (secondary N) is 1. The van der Waals surface area contributed by atoms with Gasteiger partial charge in [0.2, 0.25) is 0 Å². The average Bonchev–Trinajstić information content (AvgIpc) is 3.48. The van der Waals surface area contributed by atoms with Gasteiger partial charge in [-0.15, -0.1) is 16.4 Å². The molecule has 1 N–H and O–H groups in total. The number of thiophene rings is 1. The normalized spacial score (nSPS) is 13.2. The highest BCUT2D eigenvalue weighted by Gasteiger charge is 2.31. The van der Waals surface area contributed by atoms with Crippen molar-refractivity contribution >= 4 is 22.2 Å². The van der Waals surface area contributed by atoms with Gasteiger partial charge in [0.1, 0.15) is 0 Å². The molecule has 174 valence electrons. The summed E-state index contributed by atoms with van der Waals surface area (Å²) in [4.78, 5) is 19.6. The monoisotopic (exact) mass is 464 g/mol. The van der Waals surface area contributed by atoms with Gasteiger partial charge in [0.15, 0.2) is 5.82 Å². The number of tetrazole rings is 1. The first-order valence-corrected chi connectivity index (χ1v) is 12.4. The minimum Gasteiger partial charge on any atom is -0.322 e. The van der Waals surface area contributed by atoms with E-state index in [-0.39, 0.29) is 17.1 Å². The molecule has 1 aromatic carbocycles. The maximum absolute atomic E-state index is 13.0. The van der Waals surface area contributed by atoms with Crippen LogP contribution in [-0.2, 0) is 18.6 Å². The SMILES string of the molecule is CC[C@H](c1nnnn1C(C)(C)CC)N(Cc1cccs1)Cc1cc2cc(C)ccc2[nH]c1=O. The van der Waals surface area contributed by atoms with Crippen molar-refractivity contribution in [1.82, 2.24) is 30.1 Å². The zero-order valence-electron chi connectivity index (χ0n) is 20.0. The largest absolute Gasteiger partial charge is 0.322 e. The zero-order valence-corrected chi connectivity index (χ0v) is 20.8. The number of aromatic amines is 1. The highest BCUT2D eigenvalue weighted by atomic mass is 32.1. The molecule has 33 heavy (non-hydrogen) atoms. The van der Waals surface area contributed by atoms with Crippen LogP contribution in [0.3, 0.4) is 0 Å². The Morgan fingerprint density at radius 1 is 1.18 bits per heavy atom. The van der Waals surface area contributed by atoms with E-state index in [1.54, 1.807) is 11.3 Å². The van der Waals surface area contributed by atoms with E-state index in [1.165, 1.54) is 10.4 Å². The Kier molecular flexibility index (Phi) is 6.76. The van der Waals surface area contributed by atoms with Gasteiger partial charge in [0, 0.05) is 29.0 Å². The van der Waals surface area contributed by atoms with Gasteiger partial charge < -0.3 is 4.98 Å². The minimum absolute atomic E-state index is 0.0273. The number of H-pyrrole nitrogens is 1. The molecule has 0 aliphatic carbocycles. The van der Waals surface area contributed by atoms with E-state index in [4.69, 9.17) is 0 Å². The van der Waals surface area contributed by atoms with Crippen molar-refractivity contribution < 1.29 is 0 Å². The number of aryl methyl sites for hydroxylation is 1. The summed E-state index contributed by atoms with van der Waals surface area (Å²) in [6, 6.07) is 12.3. The summed E-state index contributed by atoms with van der Waals surface area (Å²) >= 11 is 1.72. The van der Waals surface area contributed by atoms with Crippen LogP contribution in [0.5, 0.6) is 0 Å². The van der Waals surface area contributed by atoms with Crippen LogP contribution in [0, 0.1) is 6.92 Å². The molecule has 3 aromatic heterocycles. The smallest absolute Gasteiger partial charge is 0.252 e. The number of benzene rings is 1. The molecule has 0 saturated heterocycles. The minimum atomic E-state index is -0.196. The first-order chi connectivity index (χ1) is 15.8. The number of pyridine rings is 1. The Morgan fingerprint density at radius 2 is 2.00 bits per heavy atom. The lowest BCUT2D eigenvalue weighted by atomic mass is 10.0. The maximum atomic E-state index is 13.0. The molecule has 4 rings (SSSR count). The van der Waals surface area contributed by atoms with Gasteiger partial charge in [-0.25, -0.2) is 4.68 Å². The van der Waals surface area contributed by atoms with Crippen LogP contribution in [-0.4, -0.2) is 30.1 Å². The number of hydrogen-bond donors (Lipinski definition) is 1. The fourth-order valence-electron chi connectivity index (χ4n) is 4.17. The molecule has 1 atom stereocenters. The zero-order chi connectivity index (χ0) is 23.6. The molecule has 0 aliphatic heterocycles. The number of rotatable bonds is 9. The molecule has 0 saturated carbocycles. The summed E-state index contributed by atoms with van der Waals surface area (Å²) in [7, 11) is 0. The van der Waals surface area contributed by atoms with E-state index in [9.17, 15) is 4.79 Å². The predicted octanol–water partition coefficient (Wildman–Crippen LogP) is 5.18. The van der Waals surface area contributed by atoms with Gasteiger partial charge in [-0.1, -0.05) is 31.5 Å². The molecule has 3 heterocycles. The van der Waals surface area contributed by atoms with E-state index >= 15 is 0 Å². The molecule has 7 nitrogen and oxygen atoms in total. The average molecular weight is 465 g/mol. The number of aromatic nitrogens is 5. The van der Waals surface area contributed by atoms with Crippen molar-refractivity contribution in [3.8, 4) is 0 Å². The van der Waals surface area contributed by atoms with Crippen LogP contribution in [0.2, 0.25) is 0 Å². The molecule has 0 spiro atoms. The third kappa shape index (κ3) is 4.91. The second-order valence-electron chi connectivity index (χ2n) is 9.24. The molecule has 0 amide bonds. The molecular weight excluding hydrogens is 432 g/mol. The summed E-state index contributed by atoms with van der Waals surface area (Å²) < 4.78 is 1.95. The van der Waals surface area contributed by atoms with Gasteiger partial charge in [-0.05, 0) is 79.1 Å². The second-order valence-corrected chi connectivity index (χ2v) is 10.3. The van der Waals surface area contributed by atoms with E-state index < -0.39 is 0 Å². The van der Waals surface area contributed by atoms with Crippen LogP contribution in [0.1, 0.15) is 68.4 Å². The predicted molar refractivity (Wildman–Crippen MR) is 133 cm³/mol. The topological polar surface area (TPSA) is 79.7 Å². The summed E-state index contributed by atoms with van der Waals surface area (Å²) in [6.07, 6.45) is 1.74. The Labute approximate surface area is 198 Å². The van der Waals surface area contributed by atoms with Crippen molar-refractivity contribution in [2.24, 2.45) is 0 Å². The highest BCUT2D eigenvalue weighted by Crippen LogP contribution is 2.30. The van der Waals surface area contributed by atoms with Crippen molar-refractivity contribution in [3.05, 3.63) is 74.0 Å². The van der Waals surface area contributed by atoms with E-state index in [0.29, 0.717) is 6.54 Å². The quantitative estimate of drug-likeness (QED) is 0.369. The second kappa shape index (κ2) is 9.57. The molecule has 0 unspecified atom stereocenters. The third-order valence-electron chi connectivity index (χ3n) is 6.45. The highest BCUT2D eigenvalue weighted by molar-refractivity contribution is 7.09. The summed E-state index contributed by atoms with van der Waals surface area (Å²) in [5.74, 6) is 0.842. The van der Waals surface area contributed by atoms with Gasteiger partial charge in [-0.3, -0.25) is 9.69 Å². The Balaban J connectivity index is 1.76. The molecule has 0 bridgehead atoms. The van der Waals surface area contributed by atoms with Crippen LogP contribution < -0.4 is 5.56 Å². The fourth-order valence-corrected chi connectivity index (χ4v) is 4.90. The van der Waals surface area contributed by atoms with Crippen molar-refractivity contribution in [2.75, 3.05) is 0 Å². The van der Waals surface area contributed by atoms with E-state index in [2.05, 4.69) is 83.6 Å². The summed E-state index contributed by atoms with van der Waals surface area (Å²) in [5.41, 5.74) is 2.53. The molecule has 0 radical (unpaired) electrons. The first kappa shape index (κ1) is 23.3. The summed E-state index contributed by atoms with van der Waals surface area (Å²) in [6.45, 7) is 11.9. The molecular formula is C25H32N6OS. The third-order valence-corrected chi connectivity index (χ3v) is 7.31. The van der Waals surface area contributed by atoms with Crippen molar-refractivity contribution in [3.63, 3.8) is 0 Å². The first-order valence-electron chi connectivity index (χ1n) is 11.5. The Hall–Kier alpha value is -2.84. The van der Waals surface area contributed by atoms with Crippen molar-refractivity contribution in [2.45, 2.75) is 72.1 Å². The Morgan fingerprint density at radius 3 is 2.70 bits per heavy atom. The van der Waals surface area contributed by atoms with Crippen molar-refractivity contribution in [1.29, 1.82) is 0 Å². The number of hydrogen-bond acceptors (Lipinski definition) is 6. The lowest BCUT2D eigenvalue weighted by Gasteiger charge is -2.32. The van der Waals surface area contributed by atoms with Crippen LogP contribution in [0.15, 0.2) is 46.6 Å². The standard InChI is InChI=1S/C25H32N6OS/c1-6-22(23-27-28-29-31(23)25(4,5)7-2)30(16-20-9-8-12-33-20)15-19-14-18-13-17(3)10-11-21(18)26-24(19)32/h8-14,22H,6-7,15-16H2,1-5H3,(H,26,32)/t22-/m1/s1. The number of fused-ring (bicyclic) bond motifs is 1. The van der Waals surface area contributed by atoms with Crippen LogP contribution in [0.4, 0.5) is 0 Å². The fraction of sp³-hybridized carbons (Fsp3) is 0.440. The molecule has 0 aliphatic rings.